The molecular weight excluding hydrogens is 632 g/mol. The average Bonchev–Trinajstić information content (AvgIpc) is 2.98. The Kier molecular flexibility index (Phi) is 8.95. The molecule has 2 aliphatic heterocycles. The zero-order valence-corrected chi connectivity index (χ0v) is 26.5. The summed E-state index contributed by atoms with van der Waals surface area (Å²) in [6.45, 7) is 9.77. The van der Waals surface area contributed by atoms with Gasteiger partial charge in [0.2, 0.25) is 5.91 Å². The molecule has 3 atom stereocenters. The van der Waals surface area contributed by atoms with Gasteiger partial charge in [-0.15, -0.1) is 0 Å². The number of hydrogen-bond donors (Lipinski definition) is 4. The van der Waals surface area contributed by atoms with Gasteiger partial charge >= 0.3 is 0 Å². The number of benzene rings is 1. The standard InChI is InChI=1S/C30H31Cl3FN7O3/c1-5-19(43)40-12-16-7-9-44-28-21(29(36)41(16)11-14(40)3)30(38-25-13(2)6-8-37-26(25)15(4)42)39-27(22(28)33)20-23(34)17(31)10-18(32)24(20)35/h5-6,8,10,14-16,36,42H,1,7,9,11-12,35H2,2-4H3,(H,38,39). The van der Waals surface area contributed by atoms with Crippen molar-refractivity contribution < 1.29 is 19.0 Å². The van der Waals surface area contributed by atoms with Gasteiger partial charge in [0.1, 0.15) is 27.9 Å². The third-order valence-corrected chi connectivity index (χ3v) is 8.83. The van der Waals surface area contributed by atoms with Crippen molar-refractivity contribution in [1.82, 2.24) is 19.8 Å². The number of piperazine rings is 1. The highest BCUT2D eigenvalue weighted by Crippen LogP contribution is 2.47. The second-order valence-electron chi connectivity index (χ2n) is 10.8. The zero-order chi connectivity index (χ0) is 32.0. The molecule has 14 heteroatoms. The molecular formula is C30H31Cl3FN7O3. The highest BCUT2D eigenvalue weighted by Gasteiger charge is 2.39. The smallest absolute Gasteiger partial charge is 0.246 e. The molecule has 0 saturated carbocycles. The number of amides is 1. The Morgan fingerprint density at radius 1 is 1.32 bits per heavy atom. The number of nitrogens with one attached hydrogen (secondary N) is 2. The van der Waals surface area contributed by atoms with Gasteiger partial charge in [-0.3, -0.25) is 15.2 Å². The molecule has 5 rings (SSSR count). The van der Waals surface area contributed by atoms with Crippen LogP contribution in [0.3, 0.4) is 0 Å². The zero-order valence-electron chi connectivity index (χ0n) is 24.2. The molecule has 1 aromatic carbocycles. The normalized spacial score (nSPS) is 18.9. The largest absolute Gasteiger partial charge is 0.491 e. The van der Waals surface area contributed by atoms with Gasteiger partial charge in [0, 0.05) is 31.7 Å². The van der Waals surface area contributed by atoms with Gasteiger partial charge in [0.05, 0.1) is 51.4 Å². The number of nitrogen functional groups attached to an aromatic ring is 1. The summed E-state index contributed by atoms with van der Waals surface area (Å²) in [5.74, 6) is -0.885. The second-order valence-corrected chi connectivity index (χ2v) is 12.0. The van der Waals surface area contributed by atoms with Crippen molar-refractivity contribution in [3.8, 4) is 17.0 Å². The highest BCUT2D eigenvalue weighted by molar-refractivity contribution is 6.39. The van der Waals surface area contributed by atoms with Crippen LogP contribution in [-0.4, -0.2) is 68.4 Å². The molecule has 0 aliphatic carbocycles. The lowest BCUT2D eigenvalue weighted by molar-refractivity contribution is -0.131. The molecule has 0 radical (unpaired) electrons. The van der Waals surface area contributed by atoms with Gasteiger partial charge in [0.25, 0.3) is 0 Å². The van der Waals surface area contributed by atoms with E-state index in [2.05, 4.69) is 16.9 Å². The van der Waals surface area contributed by atoms with Crippen molar-refractivity contribution in [2.24, 2.45) is 0 Å². The molecule has 4 heterocycles. The van der Waals surface area contributed by atoms with E-state index >= 15 is 4.39 Å². The topological polar surface area (TPSA) is 141 Å². The molecule has 1 fully saturated rings. The Morgan fingerprint density at radius 3 is 2.73 bits per heavy atom. The fraction of sp³-hybridized carbons (Fsp3) is 0.333. The first kappa shape index (κ1) is 31.8. The number of halogens is 4. The maximum atomic E-state index is 15.6. The number of hydrogen-bond acceptors (Lipinski definition) is 8. The minimum absolute atomic E-state index is 0.00227. The predicted octanol–water partition coefficient (Wildman–Crippen LogP) is 6.13. The molecule has 2 aliphatic rings. The molecule has 3 aromatic rings. The summed E-state index contributed by atoms with van der Waals surface area (Å²) in [4.78, 5) is 25.2. The maximum absolute atomic E-state index is 15.6. The molecule has 44 heavy (non-hydrogen) atoms. The summed E-state index contributed by atoms with van der Waals surface area (Å²) in [6.07, 6.45) is 2.35. The third kappa shape index (κ3) is 5.53. The molecule has 1 amide bonds. The summed E-state index contributed by atoms with van der Waals surface area (Å²) >= 11 is 19.3. The molecule has 10 nitrogen and oxygen atoms in total. The number of aryl methyl sites for hydroxylation is 1. The van der Waals surface area contributed by atoms with E-state index in [1.165, 1.54) is 12.1 Å². The van der Waals surface area contributed by atoms with Crippen LogP contribution >= 0.6 is 34.8 Å². The number of aromatic nitrogens is 2. The number of ether oxygens (including phenoxy) is 1. The number of carbonyl (C=O) groups excluding carboxylic acids is 1. The minimum Gasteiger partial charge on any atom is -0.491 e. The molecule has 232 valence electrons. The van der Waals surface area contributed by atoms with E-state index in [1.54, 1.807) is 24.1 Å². The van der Waals surface area contributed by atoms with E-state index in [9.17, 15) is 15.3 Å². The molecule has 1 saturated heterocycles. The van der Waals surface area contributed by atoms with Crippen LogP contribution in [0.4, 0.5) is 21.6 Å². The van der Waals surface area contributed by atoms with Crippen molar-refractivity contribution >= 4 is 63.7 Å². The fourth-order valence-corrected chi connectivity index (χ4v) is 6.34. The minimum atomic E-state index is -0.956. The van der Waals surface area contributed by atoms with Crippen LogP contribution in [0, 0.1) is 18.2 Å². The molecule has 2 aromatic heterocycles. The summed E-state index contributed by atoms with van der Waals surface area (Å²) in [5.41, 5.74) is 7.46. The number of rotatable bonds is 5. The van der Waals surface area contributed by atoms with Gasteiger partial charge < -0.3 is 30.7 Å². The number of amidine groups is 1. The lowest BCUT2D eigenvalue weighted by atomic mass is 9.99. The summed E-state index contributed by atoms with van der Waals surface area (Å²) in [6, 6.07) is 2.45. The Balaban J connectivity index is 1.75. The number of fused-ring (bicyclic) bond motifs is 2. The van der Waals surface area contributed by atoms with E-state index in [4.69, 9.17) is 50.3 Å². The Morgan fingerprint density at radius 2 is 2.05 bits per heavy atom. The fourth-order valence-electron chi connectivity index (χ4n) is 5.59. The summed E-state index contributed by atoms with van der Waals surface area (Å²) in [5, 5.41) is 22.8. The van der Waals surface area contributed by atoms with Crippen LogP contribution in [-0.2, 0) is 4.79 Å². The van der Waals surface area contributed by atoms with Gasteiger partial charge in [-0.2, -0.15) is 0 Å². The molecule has 3 unspecified atom stereocenters. The number of aliphatic hydroxyl groups excluding tert-OH is 1. The Bertz CT molecular complexity index is 1660. The first-order valence-corrected chi connectivity index (χ1v) is 15.0. The molecule has 5 N–H and O–H groups in total. The lowest BCUT2D eigenvalue weighted by Gasteiger charge is -2.47. The van der Waals surface area contributed by atoms with E-state index in [-0.39, 0.29) is 79.6 Å². The first-order chi connectivity index (χ1) is 20.8. The molecule has 0 bridgehead atoms. The van der Waals surface area contributed by atoms with Gasteiger partial charge in [-0.1, -0.05) is 41.4 Å². The SMILES string of the molecule is C=CC(=O)N1CC2CCOc3c(Cl)c(-c4c(N)c(Cl)cc(Cl)c4F)nc(Nc4c(C)ccnc4C(C)O)c3C(=N)N2CC1C. The third-order valence-electron chi connectivity index (χ3n) is 7.89. The van der Waals surface area contributed by atoms with Crippen molar-refractivity contribution in [2.45, 2.75) is 45.4 Å². The number of pyridine rings is 2. The van der Waals surface area contributed by atoms with E-state index in [0.717, 1.165) is 5.56 Å². The summed E-state index contributed by atoms with van der Waals surface area (Å²) < 4.78 is 21.8. The number of aliphatic hydroxyl groups is 1. The van der Waals surface area contributed by atoms with Crippen molar-refractivity contribution in [3.63, 3.8) is 0 Å². The quantitative estimate of drug-likeness (QED) is 0.145. The van der Waals surface area contributed by atoms with Crippen molar-refractivity contribution in [2.75, 3.05) is 30.7 Å². The molecule has 0 spiro atoms. The number of anilines is 3. The average molecular weight is 663 g/mol. The Labute approximate surface area is 269 Å². The van der Waals surface area contributed by atoms with E-state index < -0.39 is 11.9 Å². The Hall–Kier alpha value is -3.64. The van der Waals surface area contributed by atoms with Crippen LogP contribution in [0.5, 0.6) is 5.75 Å². The van der Waals surface area contributed by atoms with Crippen LogP contribution in [0.25, 0.3) is 11.3 Å². The van der Waals surface area contributed by atoms with Crippen LogP contribution < -0.4 is 15.8 Å². The highest BCUT2D eigenvalue weighted by atomic mass is 35.5. The second kappa shape index (κ2) is 12.4. The number of nitrogens with zero attached hydrogens (tertiary/aromatic N) is 4. The van der Waals surface area contributed by atoms with E-state index in [0.29, 0.717) is 30.9 Å². The number of nitrogens with two attached hydrogens (primary N) is 1. The van der Waals surface area contributed by atoms with Gasteiger partial charge in [-0.05, 0) is 44.5 Å². The van der Waals surface area contributed by atoms with E-state index in [1.807, 2.05) is 18.7 Å². The van der Waals surface area contributed by atoms with Crippen LogP contribution in [0.2, 0.25) is 15.1 Å². The lowest BCUT2D eigenvalue weighted by Crippen LogP contribution is -2.60. The van der Waals surface area contributed by atoms with Crippen LogP contribution in [0.1, 0.15) is 43.2 Å². The maximum Gasteiger partial charge on any atom is 0.246 e. The summed E-state index contributed by atoms with van der Waals surface area (Å²) in [7, 11) is 0. The number of carbonyl (C=O) groups is 1. The van der Waals surface area contributed by atoms with Gasteiger partial charge in [0.15, 0.2) is 11.6 Å². The monoisotopic (exact) mass is 661 g/mol. The van der Waals surface area contributed by atoms with Crippen LogP contribution in [0.15, 0.2) is 31.0 Å². The van der Waals surface area contributed by atoms with Gasteiger partial charge in [-0.25, -0.2) is 9.37 Å². The first-order valence-electron chi connectivity index (χ1n) is 13.8. The van der Waals surface area contributed by atoms with Crippen molar-refractivity contribution in [1.29, 1.82) is 5.41 Å². The predicted molar refractivity (Wildman–Crippen MR) is 171 cm³/mol. The van der Waals surface area contributed by atoms with Crippen molar-refractivity contribution in [3.05, 3.63) is 68.7 Å².